The molecule has 2 aliphatic rings. The number of non-ortho nitro benzene ring substituents is 1. The van der Waals surface area contributed by atoms with Gasteiger partial charge in [0.2, 0.25) is 0 Å². The summed E-state index contributed by atoms with van der Waals surface area (Å²) >= 11 is 0. The van der Waals surface area contributed by atoms with Crippen molar-refractivity contribution < 1.29 is 33.3 Å². The van der Waals surface area contributed by atoms with Crippen molar-refractivity contribution in [3.05, 3.63) is 116 Å². The van der Waals surface area contributed by atoms with Crippen molar-refractivity contribution in [2.45, 2.75) is 50.0 Å². The zero-order chi connectivity index (χ0) is 28.6. The van der Waals surface area contributed by atoms with E-state index in [1.54, 1.807) is 19.2 Å². The van der Waals surface area contributed by atoms with Gasteiger partial charge < -0.3 is 28.4 Å². The van der Waals surface area contributed by atoms with Gasteiger partial charge in [0.1, 0.15) is 30.1 Å². The number of benzene rings is 3. The summed E-state index contributed by atoms with van der Waals surface area (Å²) in [5.41, 5.74) is 12.1. The third kappa shape index (κ3) is 7.01. The predicted molar refractivity (Wildman–Crippen MR) is 146 cm³/mol. The SMILES string of the molecule is COc1ccc(CO[C@@H]2[C@H](N=[N+]=[N-])[C@H](OCCc3ccc([N+](=O)[O-])cc3)O[C@@H]3CO[C@@H](c4ccccc4)O[C@@H]23)cc1. The van der Waals surface area contributed by atoms with E-state index in [2.05, 4.69) is 10.0 Å². The number of nitro groups is 1. The number of azide groups is 1. The van der Waals surface area contributed by atoms with Crippen LogP contribution in [-0.2, 0) is 36.7 Å². The smallest absolute Gasteiger partial charge is 0.269 e. The van der Waals surface area contributed by atoms with Gasteiger partial charge in [-0.2, -0.15) is 0 Å². The van der Waals surface area contributed by atoms with E-state index in [1.807, 2.05) is 54.6 Å². The molecule has 6 atom stereocenters. The third-order valence-corrected chi connectivity index (χ3v) is 6.99. The lowest BCUT2D eigenvalue weighted by Gasteiger charge is -2.48. The van der Waals surface area contributed by atoms with Crippen LogP contribution in [0.1, 0.15) is 23.0 Å². The highest BCUT2D eigenvalue weighted by molar-refractivity contribution is 5.33. The Morgan fingerprint density at radius 1 is 1.00 bits per heavy atom. The van der Waals surface area contributed by atoms with Gasteiger partial charge in [-0.05, 0) is 35.2 Å². The largest absolute Gasteiger partial charge is 0.497 e. The predicted octanol–water partition coefficient (Wildman–Crippen LogP) is 5.27. The molecule has 2 saturated heterocycles. The molecule has 0 amide bonds. The maximum atomic E-state index is 10.9. The van der Waals surface area contributed by atoms with Crippen LogP contribution in [0.4, 0.5) is 5.69 Å². The van der Waals surface area contributed by atoms with Crippen LogP contribution in [0.15, 0.2) is 84.0 Å². The minimum atomic E-state index is -0.924. The molecule has 12 heteroatoms. The Kier molecular flexibility index (Phi) is 9.42. The second-order valence-electron chi connectivity index (χ2n) is 9.58. The van der Waals surface area contributed by atoms with E-state index in [9.17, 15) is 15.6 Å². The normalized spacial score (nSPS) is 25.5. The summed E-state index contributed by atoms with van der Waals surface area (Å²) in [6.07, 6.45) is -2.94. The van der Waals surface area contributed by atoms with E-state index in [1.165, 1.54) is 12.1 Å². The first kappa shape index (κ1) is 28.5. The number of hydrogen-bond acceptors (Lipinski definition) is 9. The van der Waals surface area contributed by atoms with Gasteiger partial charge in [-0.1, -0.05) is 59.7 Å². The molecular weight excluding hydrogens is 532 g/mol. The Morgan fingerprint density at radius 3 is 2.41 bits per heavy atom. The molecule has 2 aliphatic heterocycles. The number of methoxy groups -OCH3 is 1. The van der Waals surface area contributed by atoms with Gasteiger partial charge in [-0.25, -0.2) is 0 Å². The minimum Gasteiger partial charge on any atom is -0.497 e. The van der Waals surface area contributed by atoms with Gasteiger partial charge in [-0.3, -0.25) is 10.1 Å². The zero-order valence-corrected chi connectivity index (χ0v) is 22.4. The van der Waals surface area contributed by atoms with Crippen LogP contribution in [0.2, 0.25) is 0 Å². The first-order valence-corrected chi connectivity index (χ1v) is 13.2. The first-order chi connectivity index (χ1) is 20.1. The Bertz CT molecular complexity index is 1340. The van der Waals surface area contributed by atoms with Crippen molar-refractivity contribution in [2.75, 3.05) is 20.3 Å². The van der Waals surface area contributed by atoms with Gasteiger partial charge in [-0.15, -0.1) is 0 Å². The van der Waals surface area contributed by atoms with Crippen LogP contribution in [0, 0.1) is 10.1 Å². The van der Waals surface area contributed by atoms with E-state index >= 15 is 0 Å². The zero-order valence-electron chi connectivity index (χ0n) is 22.4. The van der Waals surface area contributed by atoms with E-state index in [0.29, 0.717) is 6.42 Å². The molecule has 0 bridgehead atoms. The lowest BCUT2D eigenvalue weighted by atomic mass is 9.96. The average molecular weight is 563 g/mol. The molecule has 0 saturated carbocycles. The fourth-order valence-electron chi connectivity index (χ4n) is 4.84. The molecule has 0 aliphatic carbocycles. The molecule has 41 heavy (non-hydrogen) atoms. The molecule has 5 rings (SSSR count). The average Bonchev–Trinajstić information content (AvgIpc) is 3.01. The van der Waals surface area contributed by atoms with E-state index in [-0.39, 0.29) is 25.5 Å². The molecule has 3 aromatic carbocycles. The minimum absolute atomic E-state index is 0.0164. The molecule has 2 heterocycles. The second-order valence-corrected chi connectivity index (χ2v) is 9.58. The third-order valence-electron chi connectivity index (χ3n) is 6.99. The van der Waals surface area contributed by atoms with Crippen LogP contribution >= 0.6 is 0 Å². The van der Waals surface area contributed by atoms with Crippen molar-refractivity contribution >= 4 is 5.69 Å². The summed E-state index contributed by atoms with van der Waals surface area (Å²) in [7, 11) is 1.60. The van der Waals surface area contributed by atoms with Crippen LogP contribution in [0.5, 0.6) is 5.75 Å². The van der Waals surface area contributed by atoms with Gasteiger partial charge in [0.05, 0.1) is 31.9 Å². The van der Waals surface area contributed by atoms with Gasteiger partial charge >= 0.3 is 0 Å². The van der Waals surface area contributed by atoms with Crippen molar-refractivity contribution in [3.63, 3.8) is 0 Å². The molecule has 0 spiro atoms. The number of fused-ring (bicyclic) bond motifs is 1. The highest BCUT2D eigenvalue weighted by Gasteiger charge is 2.51. The quantitative estimate of drug-likeness (QED) is 0.101. The van der Waals surface area contributed by atoms with Gasteiger partial charge in [0.25, 0.3) is 5.69 Å². The van der Waals surface area contributed by atoms with E-state index in [4.69, 9.17) is 28.4 Å². The first-order valence-electron chi connectivity index (χ1n) is 13.2. The van der Waals surface area contributed by atoms with Crippen molar-refractivity contribution in [1.82, 2.24) is 0 Å². The van der Waals surface area contributed by atoms with Crippen molar-refractivity contribution in [3.8, 4) is 5.75 Å². The number of ether oxygens (including phenoxy) is 6. The fraction of sp³-hybridized carbons (Fsp3) is 0.379. The Balaban J connectivity index is 1.33. The van der Waals surface area contributed by atoms with E-state index in [0.717, 1.165) is 22.4 Å². The van der Waals surface area contributed by atoms with Gasteiger partial charge in [0, 0.05) is 22.6 Å². The molecule has 0 aromatic heterocycles. The van der Waals surface area contributed by atoms with Crippen molar-refractivity contribution in [2.24, 2.45) is 5.11 Å². The molecule has 0 N–H and O–H groups in total. The van der Waals surface area contributed by atoms with Crippen LogP contribution in [-0.4, -0.2) is 55.9 Å². The number of rotatable bonds is 11. The summed E-state index contributed by atoms with van der Waals surface area (Å²) in [6.45, 7) is 0.666. The van der Waals surface area contributed by atoms with Crippen molar-refractivity contribution in [1.29, 1.82) is 0 Å². The fourth-order valence-corrected chi connectivity index (χ4v) is 4.84. The lowest BCUT2D eigenvalue weighted by Crippen LogP contribution is -2.62. The lowest BCUT2D eigenvalue weighted by molar-refractivity contribution is -0.384. The highest BCUT2D eigenvalue weighted by atomic mass is 16.7. The Labute approximate surface area is 236 Å². The van der Waals surface area contributed by atoms with Crippen LogP contribution < -0.4 is 4.74 Å². The van der Waals surface area contributed by atoms with Gasteiger partial charge in [0.15, 0.2) is 12.6 Å². The molecule has 0 unspecified atom stereocenters. The summed E-state index contributed by atoms with van der Waals surface area (Å²) in [6, 6.07) is 22.4. The molecule has 3 aromatic rings. The van der Waals surface area contributed by atoms with E-state index < -0.39 is 41.9 Å². The summed E-state index contributed by atoms with van der Waals surface area (Å²) in [4.78, 5) is 13.6. The number of nitrogens with zero attached hydrogens (tertiary/aromatic N) is 4. The summed E-state index contributed by atoms with van der Waals surface area (Å²) < 4.78 is 36.3. The summed E-state index contributed by atoms with van der Waals surface area (Å²) in [5.74, 6) is 0.729. The Hall–Kier alpha value is -4.03. The Morgan fingerprint density at radius 2 is 1.73 bits per heavy atom. The molecular formula is C29H30N4O8. The number of nitro benzene ring substituents is 1. The topological polar surface area (TPSA) is 147 Å². The molecule has 214 valence electrons. The van der Waals surface area contributed by atoms with Crippen LogP contribution in [0.25, 0.3) is 10.4 Å². The molecule has 0 radical (unpaired) electrons. The van der Waals surface area contributed by atoms with Crippen LogP contribution in [0.3, 0.4) is 0 Å². The second kappa shape index (κ2) is 13.6. The molecule has 2 fully saturated rings. The maximum absolute atomic E-state index is 10.9. The maximum Gasteiger partial charge on any atom is 0.269 e. The molecule has 12 nitrogen and oxygen atoms in total. The standard InChI is InChI=1S/C29H30N4O8/c1-36-23-13-9-20(10-14-23)17-38-27-25(31-32-30)29(37-16-15-19-7-11-22(12-8-19)33(34)35)40-24-18-39-28(41-26(24)27)21-5-3-2-4-6-21/h2-14,24-29H,15-18H2,1H3/t24-,25+,26-,27-,28-,29-/m1/s1. The number of hydrogen-bond donors (Lipinski definition) is 0. The monoisotopic (exact) mass is 562 g/mol. The highest BCUT2D eigenvalue weighted by Crippen LogP contribution is 2.37. The summed E-state index contributed by atoms with van der Waals surface area (Å²) in [5, 5.41) is 15.0.